The van der Waals surface area contributed by atoms with Crippen LogP contribution >= 0.6 is 0 Å². The van der Waals surface area contributed by atoms with E-state index in [1.165, 1.54) is 19.2 Å². The summed E-state index contributed by atoms with van der Waals surface area (Å²) in [6.45, 7) is -0.292. The number of halogens is 4. The maximum atomic E-state index is 13.0. The highest BCUT2D eigenvalue weighted by molar-refractivity contribution is 7.89. The molecule has 0 saturated carbocycles. The van der Waals surface area contributed by atoms with Crippen molar-refractivity contribution in [3.05, 3.63) is 89.7 Å². The lowest BCUT2D eigenvalue weighted by Crippen LogP contribution is -2.38. The fraction of sp³-hybridized carbons (Fsp3) is 0.174. The molecule has 0 aromatic heterocycles. The first-order valence-electron chi connectivity index (χ1n) is 9.72. The van der Waals surface area contributed by atoms with E-state index in [9.17, 15) is 30.8 Å². The van der Waals surface area contributed by atoms with Crippen molar-refractivity contribution >= 4 is 15.9 Å². The third-order valence-corrected chi connectivity index (χ3v) is 6.69. The van der Waals surface area contributed by atoms with Crippen LogP contribution < -0.4 is 5.32 Å². The second-order valence-electron chi connectivity index (χ2n) is 7.26. The molecule has 3 aromatic carbocycles. The molecule has 0 radical (unpaired) electrons. The number of hydrogen-bond acceptors (Lipinski definition) is 3. The summed E-state index contributed by atoms with van der Waals surface area (Å²) in [4.78, 5) is 12.1. The van der Waals surface area contributed by atoms with E-state index in [4.69, 9.17) is 0 Å². The molecule has 10 heteroatoms. The lowest BCUT2D eigenvalue weighted by atomic mass is 10.0. The van der Waals surface area contributed by atoms with Crippen molar-refractivity contribution in [2.24, 2.45) is 0 Å². The molecule has 0 aliphatic rings. The summed E-state index contributed by atoms with van der Waals surface area (Å²) < 4.78 is 76.9. The fourth-order valence-corrected chi connectivity index (χ4v) is 4.12. The fourth-order valence-electron chi connectivity index (χ4n) is 3.00. The van der Waals surface area contributed by atoms with Crippen LogP contribution in [0.5, 0.6) is 0 Å². The monoisotopic (exact) mass is 480 g/mol. The number of likely N-dealkylation sites (N-methyl/N-ethyl adjacent to an activating group) is 1. The van der Waals surface area contributed by atoms with Crippen molar-refractivity contribution in [3.8, 4) is 11.1 Å². The molecule has 0 saturated heterocycles. The third-order valence-electron chi connectivity index (χ3n) is 4.88. The summed E-state index contributed by atoms with van der Waals surface area (Å²) in [6.07, 6.45) is -4.40. The van der Waals surface area contributed by atoms with Crippen molar-refractivity contribution in [2.75, 3.05) is 13.6 Å². The van der Waals surface area contributed by atoms with Crippen LogP contribution in [0.2, 0.25) is 0 Å². The van der Waals surface area contributed by atoms with Gasteiger partial charge in [0.1, 0.15) is 5.82 Å². The van der Waals surface area contributed by atoms with E-state index in [0.717, 1.165) is 46.3 Å². The number of rotatable bonds is 7. The quantitative estimate of drug-likeness (QED) is 0.509. The van der Waals surface area contributed by atoms with Gasteiger partial charge in [0.15, 0.2) is 0 Å². The van der Waals surface area contributed by atoms with Crippen molar-refractivity contribution in [3.63, 3.8) is 0 Å². The molecule has 1 N–H and O–H groups in total. The van der Waals surface area contributed by atoms with E-state index < -0.39 is 40.0 Å². The molecule has 0 aliphatic heterocycles. The molecule has 174 valence electrons. The Hall–Kier alpha value is -3.24. The molecule has 0 spiro atoms. The van der Waals surface area contributed by atoms with Gasteiger partial charge in [-0.05, 0) is 53.1 Å². The minimum atomic E-state index is -4.40. The average Bonchev–Trinajstić information content (AvgIpc) is 2.78. The van der Waals surface area contributed by atoms with Crippen LogP contribution in [0.25, 0.3) is 11.1 Å². The summed E-state index contributed by atoms with van der Waals surface area (Å²) in [6, 6.07) is 16.0. The molecule has 0 atom stereocenters. The van der Waals surface area contributed by atoms with Gasteiger partial charge in [0.25, 0.3) is 0 Å². The van der Waals surface area contributed by atoms with E-state index in [1.54, 1.807) is 24.3 Å². The Balaban J connectivity index is 1.56. The van der Waals surface area contributed by atoms with E-state index in [-0.39, 0.29) is 11.4 Å². The molecule has 0 fully saturated rings. The normalized spacial score (nSPS) is 12.1. The molecular formula is C23H20F4N2O3S. The van der Waals surface area contributed by atoms with Gasteiger partial charge in [-0.2, -0.15) is 17.5 Å². The second-order valence-corrected chi connectivity index (χ2v) is 9.31. The Morgan fingerprint density at radius 2 is 1.39 bits per heavy atom. The van der Waals surface area contributed by atoms with Crippen molar-refractivity contribution < 1.29 is 30.8 Å². The first-order valence-corrected chi connectivity index (χ1v) is 11.2. The molecule has 33 heavy (non-hydrogen) atoms. The number of nitrogens with one attached hydrogen (secondary N) is 1. The number of carbonyl (C=O) groups is 1. The summed E-state index contributed by atoms with van der Waals surface area (Å²) in [7, 11) is -2.70. The lowest BCUT2D eigenvalue weighted by Gasteiger charge is -2.17. The van der Waals surface area contributed by atoms with Gasteiger partial charge in [-0.25, -0.2) is 12.8 Å². The third kappa shape index (κ3) is 6.17. The summed E-state index contributed by atoms with van der Waals surface area (Å²) in [5, 5.41) is 2.62. The minimum absolute atomic E-state index is 0.127. The molecule has 0 aliphatic carbocycles. The maximum Gasteiger partial charge on any atom is 0.416 e. The zero-order valence-corrected chi connectivity index (χ0v) is 18.3. The Morgan fingerprint density at radius 1 is 0.879 bits per heavy atom. The maximum absolute atomic E-state index is 13.0. The number of sulfonamides is 1. The van der Waals surface area contributed by atoms with Crippen molar-refractivity contribution in [2.45, 2.75) is 17.6 Å². The van der Waals surface area contributed by atoms with E-state index in [1.807, 2.05) is 0 Å². The smallest absolute Gasteiger partial charge is 0.351 e. The van der Waals surface area contributed by atoms with Crippen LogP contribution in [-0.4, -0.2) is 32.2 Å². The van der Waals surface area contributed by atoms with Crippen molar-refractivity contribution in [1.29, 1.82) is 0 Å². The minimum Gasteiger partial charge on any atom is -0.351 e. The number of amides is 1. The van der Waals surface area contributed by atoms with Gasteiger partial charge in [0.2, 0.25) is 15.9 Å². The first kappa shape index (κ1) is 24.4. The average molecular weight is 480 g/mol. The highest BCUT2D eigenvalue weighted by atomic mass is 32.2. The molecule has 3 aromatic rings. The number of nitrogens with zero attached hydrogens (tertiary/aromatic N) is 1. The second kappa shape index (κ2) is 9.72. The largest absolute Gasteiger partial charge is 0.416 e. The molecule has 0 unspecified atom stereocenters. The van der Waals surface area contributed by atoms with Crippen molar-refractivity contribution in [1.82, 2.24) is 9.62 Å². The van der Waals surface area contributed by atoms with Gasteiger partial charge in [-0.3, -0.25) is 4.79 Å². The van der Waals surface area contributed by atoms with Crippen LogP contribution in [0, 0.1) is 5.82 Å². The molecule has 5 nitrogen and oxygen atoms in total. The highest BCUT2D eigenvalue weighted by Crippen LogP contribution is 2.31. The van der Waals surface area contributed by atoms with Crippen LogP contribution in [0.3, 0.4) is 0 Å². The topological polar surface area (TPSA) is 66.5 Å². The summed E-state index contributed by atoms with van der Waals surface area (Å²) >= 11 is 0. The SMILES string of the molecule is CN(CC(=O)NCc1ccc(-c2ccc(C(F)(F)F)cc2)cc1)S(=O)(=O)c1ccc(F)cc1. The molecule has 1 amide bonds. The van der Waals surface area contributed by atoms with Gasteiger partial charge >= 0.3 is 6.18 Å². The predicted molar refractivity (Wildman–Crippen MR) is 115 cm³/mol. The summed E-state index contributed by atoms with van der Waals surface area (Å²) in [5.41, 5.74) is 1.33. The Bertz CT molecular complexity index is 1210. The molecule has 0 bridgehead atoms. The number of benzene rings is 3. The van der Waals surface area contributed by atoms with E-state index >= 15 is 0 Å². The Kier molecular flexibility index (Phi) is 7.19. The van der Waals surface area contributed by atoms with Gasteiger partial charge < -0.3 is 5.32 Å². The van der Waals surface area contributed by atoms with Gasteiger partial charge in [-0.1, -0.05) is 36.4 Å². The first-order chi connectivity index (χ1) is 15.5. The lowest BCUT2D eigenvalue weighted by molar-refractivity contribution is -0.137. The van der Waals surface area contributed by atoms with Crippen LogP contribution in [0.15, 0.2) is 77.7 Å². The van der Waals surface area contributed by atoms with E-state index in [2.05, 4.69) is 5.32 Å². The number of hydrogen-bond donors (Lipinski definition) is 1. The van der Waals surface area contributed by atoms with Gasteiger partial charge in [-0.15, -0.1) is 0 Å². The standard InChI is InChI=1S/C23H20F4N2O3S/c1-29(33(31,32)21-12-10-20(24)11-13-21)15-22(30)28-14-16-2-4-17(5-3-16)18-6-8-19(9-7-18)23(25,26)27/h2-13H,14-15H2,1H3,(H,28,30). The predicted octanol–water partition coefficient (Wildman–Crippen LogP) is 4.45. The van der Waals surface area contributed by atoms with Crippen LogP contribution in [0.1, 0.15) is 11.1 Å². The Morgan fingerprint density at radius 3 is 1.91 bits per heavy atom. The number of alkyl halides is 3. The summed E-state index contributed by atoms with van der Waals surface area (Å²) in [5.74, 6) is -1.10. The molecular weight excluding hydrogens is 460 g/mol. The zero-order valence-electron chi connectivity index (χ0n) is 17.4. The van der Waals surface area contributed by atoms with Gasteiger partial charge in [0.05, 0.1) is 17.0 Å². The highest BCUT2D eigenvalue weighted by Gasteiger charge is 2.30. The zero-order chi connectivity index (χ0) is 24.2. The van der Waals surface area contributed by atoms with Gasteiger partial charge in [0, 0.05) is 13.6 Å². The van der Waals surface area contributed by atoms with Crippen LogP contribution in [-0.2, 0) is 27.5 Å². The molecule has 3 rings (SSSR count). The number of carbonyl (C=O) groups excluding carboxylic acids is 1. The van der Waals surface area contributed by atoms with E-state index in [0.29, 0.717) is 11.1 Å². The Labute approximate surface area is 188 Å². The molecule has 0 heterocycles. The van der Waals surface area contributed by atoms with Crippen LogP contribution in [0.4, 0.5) is 17.6 Å².